The number of hydrogen-bond donors (Lipinski definition) is 0. The summed E-state index contributed by atoms with van der Waals surface area (Å²) in [5, 5.41) is 20.4. The standard InChI is InChI=1S/C15H20N4O2/c1-12-4-5-13(14(10-12)19(20)21)17-6-8-18(9-7-17)15(2,3)11-16/h4-5,10H,6-9H2,1-3H3. The summed E-state index contributed by atoms with van der Waals surface area (Å²) in [6, 6.07) is 7.63. The summed E-state index contributed by atoms with van der Waals surface area (Å²) in [4.78, 5) is 15.0. The van der Waals surface area contributed by atoms with Crippen LogP contribution in [0.2, 0.25) is 0 Å². The SMILES string of the molecule is Cc1ccc(N2CCN(C(C)(C)C#N)CC2)c([N+](=O)[O-])c1. The molecular weight excluding hydrogens is 268 g/mol. The lowest BCUT2D eigenvalue weighted by molar-refractivity contribution is -0.384. The third kappa shape index (κ3) is 3.14. The van der Waals surface area contributed by atoms with Gasteiger partial charge in [-0.1, -0.05) is 6.07 Å². The van der Waals surface area contributed by atoms with Gasteiger partial charge < -0.3 is 4.90 Å². The minimum absolute atomic E-state index is 0.156. The Labute approximate surface area is 124 Å². The van der Waals surface area contributed by atoms with Crippen molar-refractivity contribution >= 4 is 11.4 Å². The molecule has 1 aliphatic rings. The maximum atomic E-state index is 11.2. The highest BCUT2D eigenvalue weighted by molar-refractivity contribution is 5.64. The predicted octanol–water partition coefficient (Wildman–Crippen LogP) is 2.33. The van der Waals surface area contributed by atoms with E-state index in [1.807, 2.05) is 37.8 Å². The molecule has 21 heavy (non-hydrogen) atoms. The first-order chi connectivity index (χ1) is 9.85. The van der Waals surface area contributed by atoms with E-state index >= 15 is 0 Å². The average molecular weight is 288 g/mol. The lowest BCUT2D eigenvalue weighted by Crippen LogP contribution is -2.54. The van der Waals surface area contributed by atoms with Crippen LogP contribution in [0.25, 0.3) is 0 Å². The number of piperazine rings is 1. The first-order valence-electron chi connectivity index (χ1n) is 7.01. The van der Waals surface area contributed by atoms with Crippen LogP contribution < -0.4 is 4.90 Å². The zero-order valence-corrected chi connectivity index (χ0v) is 12.7. The summed E-state index contributed by atoms with van der Waals surface area (Å²) >= 11 is 0. The number of nitro groups is 1. The van der Waals surface area contributed by atoms with Gasteiger partial charge in [-0.3, -0.25) is 15.0 Å². The lowest BCUT2D eigenvalue weighted by Gasteiger charge is -2.41. The Balaban J connectivity index is 2.17. The Kier molecular flexibility index (Phi) is 4.14. The fourth-order valence-corrected chi connectivity index (χ4v) is 2.62. The maximum absolute atomic E-state index is 11.2. The molecule has 1 aromatic carbocycles. The molecule has 0 amide bonds. The minimum Gasteiger partial charge on any atom is -0.363 e. The molecule has 0 atom stereocenters. The van der Waals surface area contributed by atoms with Crippen LogP contribution in [0.1, 0.15) is 19.4 Å². The minimum atomic E-state index is -0.495. The van der Waals surface area contributed by atoms with E-state index in [1.165, 1.54) is 0 Å². The van der Waals surface area contributed by atoms with Gasteiger partial charge >= 0.3 is 0 Å². The zero-order chi connectivity index (χ0) is 15.6. The number of nitriles is 1. The van der Waals surface area contributed by atoms with Crippen molar-refractivity contribution < 1.29 is 4.92 Å². The van der Waals surface area contributed by atoms with Gasteiger partial charge in [0.25, 0.3) is 5.69 Å². The monoisotopic (exact) mass is 288 g/mol. The molecule has 6 heteroatoms. The van der Waals surface area contributed by atoms with Crippen molar-refractivity contribution in [3.8, 4) is 6.07 Å². The van der Waals surface area contributed by atoms with Gasteiger partial charge in [0.05, 0.1) is 11.0 Å². The van der Waals surface area contributed by atoms with Gasteiger partial charge in [0.1, 0.15) is 11.2 Å². The number of aryl methyl sites for hydroxylation is 1. The summed E-state index contributed by atoms with van der Waals surface area (Å²) in [7, 11) is 0. The van der Waals surface area contributed by atoms with E-state index in [-0.39, 0.29) is 10.6 Å². The molecule has 6 nitrogen and oxygen atoms in total. The average Bonchev–Trinajstić information content (AvgIpc) is 2.47. The van der Waals surface area contributed by atoms with E-state index < -0.39 is 5.54 Å². The molecule has 1 aromatic rings. The summed E-state index contributed by atoms with van der Waals surface area (Å²) < 4.78 is 0. The quantitative estimate of drug-likeness (QED) is 0.630. The molecule has 1 saturated heterocycles. The van der Waals surface area contributed by atoms with Crippen LogP contribution in [0.3, 0.4) is 0 Å². The van der Waals surface area contributed by atoms with Crippen LogP contribution in [0, 0.1) is 28.4 Å². The number of anilines is 1. The molecule has 112 valence electrons. The maximum Gasteiger partial charge on any atom is 0.292 e. The normalized spacial score (nSPS) is 16.6. The number of benzene rings is 1. The van der Waals surface area contributed by atoms with Gasteiger partial charge in [-0.2, -0.15) is 5.26 Å². The Morgan fingerprint density at radius 3 is 2.43 bits per heavy atom. The molecule has 0 aliphatic carbocycles. The fraction of sp³-hybridized carbons (Fsp3) is 0.533. The lowest BCUT2D eigenvalue weighted by atomic mass is 10.0. The van der Waals surface area contributed by atoms with E-state index in [0.717, 1.165) is 18.7 Å². The summed E-state index contributed by atoms with van der Waals surface area (Å²) in [6.07, 6.45) is 0. The largest absolute Gasteiger partial charge is 0.363 e. The molecule has 0 spiro atoms. The van der Waals surface area contributed by atoms with Crippen molar-refractivity contribution in [3.05, 3.63) is 33.9 Å². The Morgan fingerprint density at radius 1 is 1.29 bits per heavy atom. The second-order valence-electron chi connectivity index (χ2n) is 5.89. The van der Waals surface area contributed by atoms with E-state index in [9.17, 15) is 15.4 Å². The van der Waals surface area contributed by atoms with E-state index in [0.29, 0.717) is 18.8 Å². The predicted molar refractivity (Wildman–Crippen MR) is 81.3 cm³/mol. The molecule has 0 saturated carbocycles. The summed E-state index contributed by atoms with van der Waals surface area (Å²) in [5.74, 6) is 0. The van der Waals surface area contributed by atoms with Gasteiger partial charge in [0.15, 0.2) is 0 Å². The van der Waals surface area contributed by atoms with Crippen LogP contribution in [-0.4, -0.2) is 41.5 Å². The van der Waals surface area contributed by atoms with E-state index in [1.54, 1.807) is 6.07 Å². The Morgan fingerprint density at radius 2 is 1.90 bits per heavy atom. The summed E-state index contributed by atoms with van der Waals surface area (Å²) in [6.45, 7) is 8.49. The molecule has 2 rings (SSSR count). The molecule has 0 N–H and O–H groups in total. The van der Waals surface area contributed by atoms with Crippen molar-refractivity contribution in [1.82, 2.24) is 4.90 Å². The second kappa shape index (κ2) is 5.70. The van der Waals surface area contributed by atoms with Gasteiger partial charge in [-0.25, -0.2) is 0 Å². The van der Waals surface area contributed by atoms with Crippen LogP contribution in [0.4, 0.5) is 11.4 Å². The van der Waals surface area contributed by atoms with Crippen LogP contribution in [0.15, 0.2) is 18.2 Å². The van der Waals surface area contributed by atoms with Crippen LogP contribution >= 0.6 is 0 Å². The Hall–Kier alpha value is -2.13. The Bertz CT molecular complexity index is 584. The second-order valence-corrected chi connectivity index (χ2v) is 5.89. The fourth-order valence-electron chi connectivity index (χ4n) is 2.62. The molecule has 1 aliphatic heterocycles. The van der Waals surface area contributed by atoms with Gasteiger partial charge in [0, 0.05) is 32.2 Å². The highest BCUT2D eigenvalue weighted by atomic mass is 16.6. The van der Waals surface area contributed by atoms with Gasteiger partial charge in [0.2, 0.25) is 0 Å². The third-order valence-corrected chi connectivity index (χ3v) is 4.01. The molecule has 1 fully saturated rings. The highest BCUT2D eigenvalue weighted by Gasteiger charge is 2.31. The molecule has 1 heterocycles. The van der Waals surface area contributed by atoms with Crippen molar-refractivity contribution in [1.29, 1.82) is 5.26 Å². The topological polar surface area (TPSA) is 73.4 Å². The van der Waals surface area contributed by atoms with Crippen molar-refractivity contribution in [2.45, 2.75) is 26.3 Å². The van der Waals surface area contributed by atoms with Crippen molar-refractivity contribution in [2.24, 2.45) is 0 Å². The number of nitro benzene ring substituents is 1. The third-order valence-electron chi connectivity index (χ3n) is 4.01. The van der Waals surface area contributed by atoms with Crippen molar-refractivity contribution in [2.75, 3.05) is 31.1 Å². The molecule has 0 aromatic heterocycles. The highest BCUT2D eigenvalue weighted by Crippen LogP contribution is 2.30. The number of nitrogens with zero attached hydrogens (tertiary/aromatic N) is 4. The first-order valence-corrected chi connectivity index (χ1v) is 7.01. The number of rotatable bonds is 3. The molecular formula is C15H20N4O2. The molecule has 0 unspecified atom stereocenters. The van der Waals surface area contributed by atoms with E-state index in [2.05, 4.69) is 11.0 Å². The van der Waals surface area contributed by atoms with E-state index in [4.69, 9.17) is 0 Å². The number of hydrogen-bond acceptors (Lipinski definition) is 5. The van der Waals surface area contributed by atoms with Crippen LogP contribution in [0.5, 0.6) is 0 Å². The molecule has 0 radical (unpaired) electrons. The first kappa shape index (κ1) is 15.3. The van der Waals surface area contributed by atoms with Crippen LogP contribution in [-0.2, 0) is 0 Å². The van der Waals surface area contributed by atoms with Crippen molar-refractivity contribution in [3.63, 3.8) is 0 Å². The van der Waals surface area contributed by atoms with Gasteiger partial charge in [-0.15, -0.1) is 0 Å². The zero-order valence-electron chi connectivity index (χ0n) is 12.7. The summed E-state index contributed by atoms with van der Waals surface area (Å²) in [5.41, 5.74) is 1.21. The smallest absolute Gasteiger partial charge is 0.292 e. The molecule has 0 bridgehead atoms. The van der Waals surface area contributed by atoms with Gasteiger partial charge in [-0.05, 0) is 32.4 Å².